The standard InChI is InChI=1S/C5H9NO4.C3H5NO4.Fe/c6-3(5(9)10)1-2-4(7)8;4-1(2(5)6)3(7)8;/h3H,1-2,6H2,(H,7,8)(H,9,10);1H,4H2,(H,5,6)(H,7,8);/p-1. The van der Waals surface area contributed by atoms with Crippen molar-refractivity contribution in [3.63, 3.8) is 0 Å². The van der Waals surface area contributed by atoms with Crippen molar-refractivity contribution in [2.24, 2.45) is 5.73 Å². The number of carboxylic acid groups (broad SMARTS) is 4. The number of nitrogens with two attached hydrogens (primary N) is 1. The van der Waals surface area contributed by atoms with E-state index in [0.29, 0.717) is 0 Å². The van der Waals surface area contributed by atoms with Crippen LogP contribution in [0.1, 0.15) is 12.8 Å². The zero-order chi connectivity index (χ0) is 14.9. The van der Waals surface area contributed by atoms with Crippen LogP contribution in [0.2, 0.25) is 0 Å². The normalized spacial score (nSPS) is 10.5. The van der Waals surface area contributed by atoms with Gasteiger partial charge in [0.2, 0.25) is 0 Å². The summed E-state index contributed by atoms with van der Waals surface area (Å²) in [5, 5.41) is 35.4. The zero-order valence-corrected chi connectivity index (χ0v) is 10.7. The molecule has 0 aromatic heterocycles. The van der Waals surface area contributed by atoms with Crippen molar-refractivity contribution in [1.82, 2.24) is 0 Å². The summed E-state index contributed by atoms with van der Waals surface area (Å²) in [5.41, 5.74) is 7.75. The third kappa shape index (κ3) is 14.3. The number of quaternary nitrogens is 1. The monoisotopic (exact) mass is 321 g/mol. The van der Waals surface area contributed by atoms with Crippen LogP contribution in [0.25, 0.3) is 0 Å². The Morgan fingerprint density at radius 2 is 1.47 bits per heavy atom. The summed E-state index contributed by atoms with van der Waals surface area (Å²) in [6.07, 6.45) is -0.500. The van der Waals surface area contributed by atoms with Gasteiger partial charge in [-0.3, -0.25) is 0 Å². The molecule has 0 aliphatic carbocycles. The summed E-state index contributed by atoms with van der Waals surface area (Å²) in [4.78, 5) is 39.0. The molecule has 19 heavy (non-hydrogen) atoms. The Morgan fingerprint density at radius 1 is 1.11 bits per heavy atom. The van der Waals surface area contributed by atoms with E-state index < -0.39 is 36.0 Å². The average molecular weight is 321 g/mol. The SMILES string of the molecule is NC(CCC(=O)[O-])C(=O)[O-].[Fe].[NH3+]C(C(=O)O)C(=O)O. The fourth-order valence-electron chi connectivity index (χ4n) is 0.497. The Kier molecular flexibility index (Phi) is 13.5. The Hall–Kier alpha value is -1.68. The van der Waals surface area contributed by atoms with Crippen LogP contribution in [-0.2, 0) is 36.2 Å². The molecule has 0 saturated carbocycles. The van der Waals surface area contributed by atoms with E-state index in [1.54, 1.807) is 0 Å². The van der Waals surface area contributed by atoms with Gasteiger partial charge in [0.1, 0.15) is 0 Å². The summed E-state index contributed by atoms with van der Waals surface area (Å²) in [7, 11) is 0. The van der Waals surface area contributed by atoms with E-state index in [-0.39, 0.29) is 29.9 Å². The largest absolute Gasteiger partial charge is 0.550 e. The number of carboxylic acids is 4. The van der Waals surface area contributed by atoms with Crippen LogP contribution in [-0.4, -0.2) is 46.2 Å². The first-order valence-electron chi connectivity index (χ1n) is 4.54. The number of carbonyl (C=O) groups is 4. The van der Waals surface area contributed by atoms with Gasteiger partial charge in [0.15, 0.2) is 0 Å². The van der Waals surface area contributed by atoms with Gasteiger partial charge in [0.05, 0.1) is 5.97 Å². The van der Waals surface area contributed by atoms with Crippen LogP contribution >= 0.6 is 0 Å². The fourth-order valence-corrected chi connectivity index (χ4v) is 0.497. The maximum atomic E-state index is 9.86. The maximum absolute atomic E-state index is 9.86. The molecule has 0 saturated heterocycles. The van der Waals surface area contributed by atoms with Gasteiger partial charge in [0, 0.05) is 29.1 Å². The maximum Gasteiger partial charge on any atom is 0.374 e. The molecule has 0 heterocycles. The first-order valence-corrected chi connectivity index (χ1v) is 4.54. The smallest absolute Gasteiger partial charge is 0.374 e. The molecule has 0 spiro atoms. The topological polar surface area (TPSA) is 209 Å². The number of aliphatic carboxylic acids is 4. The van der Waals surface area contributed by atoms with Gasteiger partial charge in [-0.05, 0) is 12.8 Å². The minimum absolute atomic E-state index is 0. The summed E-state index contributed by atoms with van der Waals surface area (Å²) < 4.78 is 0. The van der Waals surface area contributed by atoms with Crippen LogP contribution in [0.5, 0.6) is 0 Å². The summed E-state index contributed by atoms with van der Waals surface area (Å²) in [5.74, 6) is -5.59. The average Bonchev–Trinajstić information content (AvgIpc) is 2.24. The first kappa shape index (κ1) is 22.5. The molecular formula is C8H13FeN2O8-. The van der Waals surface area contributed by atoms with Gasteiger partial charge in [-0.25, -0.2) is 9.59 Å². The molecule has 1 unspecified atom stereocenters. The summed E-state index contributed by atoms with van der Waals surface area (Å²) in [6.45, 7) is 0. The second-order valence-corrected chi connectivity index (χ2v) is 3.07. The Labute approximate surface area is 117 Å². The van der Waals surface area contributed by atoms with Gasteiger partial charge in [-0.1, -0.05) is 0 Å². The van der Waals surface area contributed by atoms with Crippen molar-refractivity contribution < 1.29 is 62.4 Å². The van der Waals surface area contributed by atoms with Gasteiger partial charge < -0.3 is 41.5 Å². The quantitative estimate of drug-likeness (QED) is 0.271. The predicted octanol–water partition coefficient (Wildman–Crippen LogP) is -5.64. The zero-order valence-electron chi connectivity index (χ0n) is 9.55. The molecule has 112 valence electrons. The molecule has 0 amide bonds. The molecule has 10 nitrogen and oxygen atoms in total. The fraction of sp³-hybridized carbons (Fsp3) is 0.500. The summed E-state index contributed by atoms with van der Waals surface area (Å²) in [6, 6.07) is -2.76. The van der Waals surface area contributed by atoms with Crippen molar-refractivity contribution in [3.8, 4) is 0 Å². The Balaban J connectivity index is -0.000000262. The van der Waals surface area contributed by atoms with Crippen molar-refractivity contribution in [2.45, 2.75) is 24.9 Å². The molecule has 0 radical (unpaired) electrons. The van der Waals surface area contributed by atoms with E-state index in [0.717, 1.165) is 0 Å². The molecule has 0 aliphatic heterocycles. The predicted molar refractivity (Wildman–Crippen MR) is 49.2 cm³/mol. The van der Waals surface area contributed by atoms with Crippen LogP contribution in [0.3, 0.4) is 0 Å². The van der Waals surface area contributed by atoms with Gasteiger partial charge >= 0.3 is 11.9 Å². The number of hydrogen-bond donors (Lipinski definition) is 4. The van der Waals surface area contributed by atoms with E-state index in [1.807, 2.05) is 0 Å². The molecule has 0 aromatic rings. The second kappa shape index (κ2) is 11.4. The third-order valence-electron chi connectivity index (χ3n) is 1.56. The second-order valence-electron chi connectivity index (χ2n) is 3.07. The van der Waals surface area contributed by atoms with Crippen molar-refractivity contribution in [2.75, 3.05) is 0 Å². The summed E-state index contributed by atoms with van der Waals surface area (Å²) >= 11 is 0. The molecule has 11 heteroatoms. The number of carbonyl (C=O) groups excluding carboxylic acids is 2. The Bertz CT molecular complexity index is 321. The number of hydrogen-bond acceptors (Lipinski definition) is 7. The van der Waals surface area contributed by atoms with Crippen molar-refractivity contribution >= 4 is 23.9 Å². The minimum atomic E-state index is -1.55. The van der Waals surface area contributed by atoms with E-state index in [4.69, 9.17) is 15.9 Å². The van der Waals surface area contributed by atoms with E-state index in [2.05, 4.69) is 5.73 Å². The molecule has 7 N–H and O–H groups in total. The van der Waals surface area contributed by atoms with Crippen LogP contribution in [0, 0.1) is 0 Å². The molecule has 0 aromatic carbocycles. The molecule has 0 aliphatic rings. The molecule has 0 fully saturated rings. The Morgan fingerprint density at radius 3 is 1.63 bits per heavy atom. The molecule has 1 atom stereocenters. The van der Waals surface area contributed by atoms with E-state index >= 15 is 0 Å². The van der Waals surface area contributed by atoms with Crippen molar-refractivity contribution in [1.29, 1.82) is 0 Å². The molecule has 0 bridgehead atoms. The van der Waals surface area contributed by atoms with Gasteiger partial charge in [-0.2, -0.15) is 0 Å². The first-order chi connectivity index (χ1) is 8.09. The van der Waals surface area contributed by atoms with Crippen LogP contribution in [0.4, 0.5) is 0 Å². The van der Waals surface area contributed by atoms with Crippen molar-refractivity contribution in [3.05, 3.63) is 0 Å². The number of rotatable bonds is 6. The molecular weight excluding hydrogens is 308 g/mol. The van der Waals surface area contributed by atoms with E-state index in [1.165, 1.54) is 0 Å². The molecule has 0 rings (SSSR count). The van der Waals surface area contributed by atoms with Gasteiger partial charge in [-0.15, -0.1) is 0 Å². The van der Waals surface area contributed by atoms with Crippen LogP contribution < -0.4 is 21.7 Å². The van der Waals surface area contributed by atoms with E-state index in [9.17, 15) is 29.4 Å². The van der Waals surface area contributed by atoms with Crippen LogP contribution in [0.15, 0.2) is 0 Å². The minimum Gasteiger partial charge on any atom is -0.550 e. The third-order valence-corrected chi connectivity index (χ3v) is 1.56. The van der Waals surface area contributed by atoms with Gasteiger partial charge in [0.25, 0.3) is 6.04 Å².